The van der Waals surface area contributed by atoms with E-state index in [2.05, 4.69) is 16.0 Å². The summed E-state index contributed by atoms with van der Waals surface area (Å²) in [5.74, 6) is -16.6. The van der Waals surface area contributed by atoms with Gasteiger partial charge in [0.1, 0.15) is 42.4 Å². The largest absolute Gasteiger partial charge is 0.506 e. The van der Waals surface area contributed by atoms with E-state index in [1.807, 2.05) is 0 Å². The summed E-state index contributed by atoms with van der Waals surface area (Å²) < 4.78 is 0. The number of carbonyl (C=O) groups excluding carboxylic acids is 3. The van der Waals surface area contributed by atoms with E-state index in [1.165, 1.54) is 6.07 Å². The molecule has 3 amide bonds. The van der Waals surface area contributed by atoms with Crippen LogP contribution < -0.4 is 16.0 Å². The number of likely N-dealkylation sites (N-methyl/N-ethyl adjacent to an activating group) is 1. The van der Waals surface area contributed by atoms with Gasteiger partial charge in [-0.15, -0.1) is 0 Å². The molecule has 0 bridgehead atoms. The summed E-state index contributed by atoms with van der Waals surface area (Å²) in [4.78, 5) is 36.3. The number of aldehydes is 1. The summed E-state index contributed by atoms with van der Waals surface area (Å²) in [6.07, 6.45) is -1.27. The summed E-state index contributed by atoms with van der Waals surface area (Å²) in [5, 5.41) is 89.0. The maximum atomic E-state index is 12.3. The van der Waals surface area contributed by atoms with Crippen LogP contribution in [0.4, 0.5) is 4.79 Å². The fourth-order valence-electron chi connectivity index (χ4n) is 3.99. The van der Waals surface area contributed by atoms with Crippen molar-refractivity contribution < 1.29 is 50.1 Å². The van der Waals surface area contributed by atoms with Crippen LogP contribution in [0.5, 0.6) is 0 Å². The average Bonchev–Trinajstić information content (AvgIpc) is 3.03. The maximum absolute atomic E-state index is 12.3. The second-order valence-corrected chi connectivity index (χ2v) is 7.32. The van der Waals surface area contributed by atoms with Crippen molar-refractivity contribution in [2.75, 3.05) is 7.05 Å². The molecule has 1 saturated heterocycles. The van der Waals surface area contributed by atoms with Crippen LogP contribution in [0.15, 0.2) is 23.4 Å². The Balaban J connectivity index is 2.21. The molecule has 0 aromatic heterocycles. The third kappa shape index (κ3) is 3.03. The predicted molar refractivity (Wildman–Crippen MR) is 96.0 cm³/mol. The molecule has 3 rings (SSSR count). The summed E-state index contributed by atoms with van der Waals surface area (Å²) in [5.41, 5.74) is -0.0613. The molecular formula is C16H20N6O10. The molecule has 3 aliphatic rings. The molecule has 0 saturated carbocycles. The molecular weight excluding hydrogens is 436 g/mol. The number of piperidine rings is 1. The molecule has 0 radical (unpaired) electrons. The topological polar surface area (TPSA) is 259 Å². The molecule has 3 atom stereocenters. The lowest BCUT2D eigenvalue weighted by Crippen LogP contribution is -2.85. The fourth-order valence-corrected chi connectivity index (χ4v) is 3.99. The van der Waals surface area contributed by atoms with Gasteiger partial charge in [0.2, 0.25) is 5.91 Å². The molecule has 32 heavy (non-hydrogen) atoms. The fraction of sp³-hybridized carbons (Fsp3) is 0.500. The molecule has 0 spiro atoms. The number of likely N-dealkylation sites (tertiary alicyclic amines) is 1. The minimum absolute atomic E-state index is 0.0613. The third-order valence-electron chi connectivity index (χ3n) is 5.45. The lowest BCUT2D eigenvalue weighted by atomic mass is 9.80. The van der Waals surface area contributed by atoms with Crippen LogP contribution in [0.2, 0.25) is 0 Å². The number of carbonyl (C=O) groups is 3. The van der Waals surface area contributed by atoms with E-state index in [9.17, 15) is 50.1 Å². The van der Waals surface area contributed by atoms with E-state index >= 15 is 0 Å². The molecule has 16 nitrogen and oxygen atoms in total. The summed E-state index contributed by atoms with van der Waals surface area (Å²) in [6, 6.07) is -1.78. The SMILES string of the molecule is CN(C1=C2C(O)=CNC2NC(=O)N1)C1C(C=O)C(O)(O)C(O)(O)N(C(=O)CC#N)C1(O)O. The molecule has 3 unspecified atom stereocenters. The van der Waals surface area contributed by atoms with Gasteiger partial charge in [-0.3, -0.25) is 10.1 Å². The highest BCUT2D eigenvalue weighted by atomic mass is 16.6. The molecule has 0 aromatic rings. The molecule has 16 heteroatoms. The van der Waals surface area contributed by atoms with Crippen LogP contribution in [0.1, 0.15) is 6.42 Å². The number of nitrogens with zero attached hydrogens (tertiary/aromatic N) is 3. The van der Waals surface area contributed by atoms with E-state index in [-0.39, 0.29) is 17.7 Å². The van der Waals surface area contributed by atoms with Crippen molar-refractivity contribution in [2.24, 2.45) is 5.92 Å². The Kier molecular flexibility index (Phi) is 5.30. The maximum Gasteiger partial charge on any atom is 0.322 e. The Morgan fingerprint density at radius 1 is 1.31 bits per heavy atom. The van der Waals surface area contributed by atoms with Crippen molar-refractivity contribution in [3.05, 3.63) is 23.4 Å². The molecule has 3 aliphatic heterocycles. The molecule has 3 heterocycles. The quantitative estimate of drug-likeness (QED) is 0.140. The number of amides is 3. The first kappa shape index (κ1) is 23.2. The zero-order chi connectivity index (χ0) is 24.2. The van der Waals surface area contributed by atoms with Gasteiger partial charge in [-0.05, 0) is 0 Å². The molecule has 174 valence electrons. The van der Waals surface area contributed by atoms with Crippen molar-refractivity contribution in [1.29, 1.82) is 5.26 Å². The smallest absolute Gasteiger partial charge is 0.322 e. The first-order valence-electron chi connectivity index (χ1n) is 8.93. The van der Waals surface area contributed by atoms with Gasteiger partial charge in [0.25, 0.3) is 11.7 Å². The van der Waals surface area contributed by atoms with E-state index in [0.717, 1.165) is 18.1 Å². The zero-order valence-electron chi connectivity index (χ0n) is 16.3. The standard InChI is InChI=1S/C16H20N6O10/c1-21(12-9-7(24)4-18-11(9)19-13(26)20-12)10-6(5-23)14(27,28)16(31,32)22(15(10,29)30)8(25)2-3-17/h4-6,10-11,18,24,27-32H,2H2,1H3,(H2,19,20,26). The highest BCUT2D eigenvalue weighted by Crippen LogP contribution is 2.45. The van der Waals surface area contributed by atoms with Gasteiger partial charge in [0, 0.05) is 13.2 Å². The van der Waals surface area contributed by atoms with E-state index in [0.29, 0.717) is 0 Å². The monoisotopic (exact) mass is 456 g/mol. The predicted octanol–water partition coefficient (Wildman–Crippen LogP) is -5.33. The number of urea groups is 1. The van der Waals surface area contributed by atoms with Crippen molar-refractivity contribution >= 4 is 18.2 Å². The first-order chi connectivity index (χ1) is 14.7. The van der Waals surface area contributed by atoms with Crippen molar-refractivity contribution in [3.8, 4) is 6.07 Å². The minimum Gasteiger partial charge on any atom is -0.506 e. The Bertz CT molecular complexity index is 967. The molecule has 0 aliphatic carbocycles. The Hall–Kier alpha value is -3.46. The van der Waals surface area contributed by atoms with Gasteiger partial charge in [0.15, 0.2) is 0 Å². The summed E-state index contributed by atoms with van der Waals surface area (Å²) in [7, 11) is 1.03. The number of aliphatic hydroxyl groups excluding tert-OH is 1. The van der Waals surface area contributed by atoms with Gasteiger partial charge >= 0.3 is 11.9 Å². The van der Waals surface area contributed by atoms with Crippen molar-refractivity contribution in [1.82, 2.24) is 25.8 Å². The highest BCUT2D eigenvalue weighted by Gasteiger charge is 2.73. The zero-order valence-corrected chi connectivity index (χ0v) is 16.3. The van der Waals surface area contributed by atoms with E-state index in [1.54, 1.807) is 0 Å². The van der Waals surface area contributed by atoms with Gasteiger partial charge < -0.3 is 56.1 Å². The van der Waals surface area contributed by atoms with Crippen LogP contribution >= 0.6 is 0 Å². The summed E-state index contributed by atoms with van der Waals surface area (Å²) in [6.45, 7) is 0. The van der Waals surface area contributed by atoms with Crippen LogP contribution in [-0.2, 0) is 9.59 Å². The number of nitriles is 1. The normalized spacial score (nSPS) is 29.6. The van der Waals surface area contributed by atoms with Crippen LogP contribution in [0.3, 0.4) is 0 Å². The number of hydrogen-bond acceptors (Lipinski definition) is 13. The highest BCUT2D eigenvalue weighted by molar-refractivity contribution is 5.81. The number of fused-ring (bicyclic) bond motifs is 1. The second-order valence-electron chi connectivity index (χ2n) is 7.32. The minimum atomic E-state index is -4.14. The Morgan fingerprint density at radius 3 is 2.50 bits per heavy atom. The van der Waals surface area contributed by atoms with Crippen molar-refractivity contribution in [2.45, 2.75) is 36.2 Å². The molecule has 10 N–H and O–H groups in total. The lowest BCUT2D eigenvalue weighted by Gasteiger charge is -2.59. The summed E-state index contributed by atoms with van der Waals surface area (Å²) >= 11 is 0. The second kappa shape index (κ2) is 7.30. The van der Waals surface area contributed by atoms with Gasteiger partial charge in [-0.2, -0.15) is 5.26 Å². The van der Waals surface area contributed by atoms with Crippen LogP contribution in [0, 0.1) is 17.2 Å². The average molecular weight is 456 g/mol. The lowest BCUT2D eigenvalue weighted by molar-refractivity contribution is -0.497. The third-order valence-corrected chi connectivity index (χ3v) is 5.45. The van der Waals surface area contributed by atoms with Gasteiger partial charge in [-0.1, -0.05) is 0 Å². The molecule has 0 aromatic carbocycles. The number of rotatable bonds is 4. The van der Waals surface area contributed by atoms with E-state index < -0.39 is 64.8 Å². The molecule has 1 fully saturated rings. The number of hydrogen-bond donors (Lipinski definition) is 10. The Morgan fingerprint density at radius 2 is 1.94 bits per heavy atom. The first-order valence-corrected chi connectivity index (χ1v) is 8.93. The van der Waals surface area contributed by atoms with Gasteiger partial charge in [0.05, 0.1) is 11.6 Å². The number of nitrogens with one attached hydrogen (secondary N) is 3. The number of aliphatic hydroxyl groups is 7. The Labute approximate surface area is 178 Å². The van der Waals surface area contributed by atoms with Crippen LogP contribution in [0.25, 0.3) is 0 Å². The van der Waals surface area contributed by atoms with E-state index in [4.69, 9.17) is 5.26 Å². The van der Waals surface area contributed by atoms with Crippen LogP contribution in [-0.4, -0.2) is 101 Å². The van der Waals surface area contributed by atoms with Crippen molar-refractivity contribution in [3.63, 3.8) is 0 Å². The van der Waals surface area contributed by atoms with Gasteiger partial charge in [-0.25, -0.2) is 9.69 Å².